The Morgan fingerprint density at radius 3 is 1.25 bits per heavy atom. The van der Waals surface area contributed by atoms with Gasteiger partial charge >= 0.3 is 25.4 Å². The maximum Gasteiger partial charge on any atom is 0 e. The van der Waals surface area contributed by atoms with E-state index < -0.39 is 0 Å². The second kappa shape index (κ2) is 21.4. The molecule has 1 nitrogen and oxygen atoms in total. The Morgan fingerprint density at radius 1 is 1.25 bits per heavy atom. The average Bonchev–Trinajstić information content (AvgIpc) is 1.00. The number of hydrogen-bond acceptors (Lipinski definition) is 1. The van der Waals surface area contributed by atoms with Crippen LogP contribution >= 0.6 is 0 Å². The Kier molecular flexibility index (Phi) is 91.3. The third kappa shape index (κ3) is 9.20. The van der Waals surface area contributed by atoms with Crippen LogP contribution in [0.25, 0.3) is 0 Å². The molecule has 0 saturated carbocycles. The fraction of sp³-hybridized carbons (Fsp3) is 0. The summed E-state index contributed by atoms with van der Waals surface area (Å²) in [6, 6.07) is 0. The standard InChI is InChI=1S/Fe.Mo.OTe/c;;1-2. The third-order valence-corrected chi connectivity index (χ3v) is 0. The minimum Gasteiger partial charge on any atom is 0 e. The summed E-state index contributed by atoms with van der Waals surface area (Å²) in [5.74, 6) is 0. The zero-order valence-corrected chi connectivity index (χ0v) is 7.02. The van der Waals surface area contributed by atoms with Gasteiger partial charge in [0.2, 0.25) is 0 Å². The van der Waals surface area contributed by atoms with E-state index in [1.165, 1.54) is 0 Å². The van der Waals surface area contributed by atoms with Crippen molar-refractivity contribution in [2.75, 3.05) is 0 Å². The molecule has 4 heavy (non-hydrogen) atoms. The van der Waals surface area contributed by atoms with Crippen molar-refractivity contribution in [1.29, 1.82) is 0 Å². The van der Waals surface area contributed by atoms with E-state index in [0.717, 1.165) is 0 Å². The van der Waals surface area contributed by atoms with Crippen molar-refractivity contribution in [3.05, 3.63) is 0 Å². The summed E-state index contributed by atoms with van der Waals surface area (Å²) in [6.07, 6.45) is 0. The molecule has 26 valence electrons. The summed E-state index contributed by atoms with van der Waals surface area (Å²) < 4.78 is 8.26. The molecule has 0 radical (unpaired) electrons. The molecule has 0 aromatic heterocycles. The molecule has 0 aliphatic heterocycles. The summed E-state index contributed by atoms with van der Waals surface area (Å²) in [6.45, 7) is 0. The summed E-state index contributed by atoms with van der Waals surface area (Å²) in [7, 11) is 0. The van der Waals surface area contributed by atoms with Crippen LogP contribution in [0.1, 0.15) is 0 Å². The maximum atomic E-state index is 8.26. The Hall–Kier alpha value is 1.80. The summed E-state index contributed by atoms with van der Waals surface area (Å²) >= 11 is 0.700. The van der Waals surface area contributed by atoms with E-state index in [9.17, 15) is 0 Å². The molecule has 0 rings (SSSR count). The van der Waals surface area contributed by atoms with E-state index in [1.807, 2.05) is 0 Å². The zero-order chi connectivity index (χ0) is 2.00. The molecule has 0 aliphatic rings. The Morgan fingerprint density at radius 2 is 1.25 bits per heavy atom. The molecular formula is FeMoOTe. The van der Waals surface area contributed by atoms with Gasteiger partial charge in [0.05, 0.1) is 0 Å². The fourth-order valence-electron chi connectivity index (χ4n) is 0. The molecule has 0 bridgehead atoms. The predicted octanol–water partition coefficient (Wildman–Crippen LogP) is -0.505. The molecule has 0 saturated heterocycles. The quantitative estimate of drug-likeness (QED) is 0.551. The van der Waals surface area contributed by atoms with Gasteiger partial charge in [-0.15, -0.1) is 0 Å². The molecular weight excluding hydrogens is 295 g/mol. The molecule has 0 aromatic rings. The van der Waals surface area contributed by atoms with Crippen LogP contribution in [0.2, 0.25) is 0 Å². The molecule has 0 aliphatic carbocycles. The van der Waals surface area contributed by atoms with E-state index in [-0.39, 0.29) is 38.1 Å². The Balaban J connectivity index is -0.00000000500. The van der Waals surface area contributed by atoms with Crippen LogP contribution in [0.5, 0.6) is 0 Å². The van der Waals surface area contributed by atoms with Crippen LogP contribution in [0.15, 0.2) is 0 Å². The van der Waals surface area contributed by atoms with Crippen molar-refractivity contribution in [3.63, 3.8) is 0 Å². The zero-order valence-electron chi connectivity index (χ0n) is 1.58. The first-order valence-corrected chi connectivity index (χ1v) is 1.12. The summed E-state index contributed by atoms with van der Waals surface area (Å²) in [5.41, 5.74) is 0. The normalized spacial score (nSPS) is 1.00. The van der Waals surface area contributed by atoms with Crippen LogP contribution in [0.4, 0.5) is 0 Å². The van der Waals surface area contributed by atoms with Gasteiger partial charge in [-0.05, 0) is 0 Å². The second-order valence-electron chi connectivity index (χ2n) is 0. The predicted molar refractivity (Wildman–Crippen MR) is 6.44 cm³/mol. The van der Waals surface area contributed by atoms with Gasteiger partial charge in [-0.2, -0.15) is 0 Å². The van der Waals surface area contributed by atoms with Crippen molar-refractivity contribution in [2.45, 2.75) is 0 Å². The third-order valence-electron chi connectivity index (χ3n) is 0. The van der Waals surface area contributed by atoms with Gasteiger partial charge in [0.1, 0.15) is 0 Å². The monoisotopic (exact) mass is 300 g/mol. The van der Waals surface area contributed by atoms with E-state index in [1.54, 1.807) is 0 Å². The SMILES string of the molecule is O=[Te].[Fe].[Mo]. The first-order valence-electron chi connectivity index (χ1n) is 0.167. The van der Waals surface area contributed by atoms with Gasteiger partial charge in [-0.25, -0.2) is 0 Å². The molecule has 0 fully saturated rings. The Labute approximate surface area is 62.9 Å². The van der Waals surface area contributed by atoms with Crippen molar-refractivity contribution in [3.8, 4) is 0 Å². The van der Waals surface area contributed by atoms with Gasteiger partial charge < -0.3 is 0 Å². The first-order chi connectivity index (χ1) is 1.00. The van der Waals surface area contributed by atoms with Gasteiger partial charge in [0.15, 0.2) is 0 Å². The van der Waals surface area contributed by atoms with Crippen LogP contribution in [0, 0.1) is 0 Å². The smallest absolute Gasteiger partial charge is 0 e. The second-order valence-corrected chi connectivity index (χ2v) is 0. The molecule has 0 amide bonds. The van der Waals surface area contributed by atoms with E-state index in [2.05, 4.69) is 0 Å². The molecule has 0 N–H and O–H groups in total. The largest absolute Gasteiger partial charge is 0 e. The minimum atomic E-state index is 0. The number of hydrogen-bond donors (Lipinski definition) is 0. The molecule has 0 heterocycles. The molecule has 0 atom stereocenters. The summed E-state index contributed by atoms with van der Waals surface area (Å²) in [5, 5.41) is 0. The van der Waals surface area contributed by atoms with Gasteiger partial charge in [0.25, 0.3) is 0 Å². The average molecular weight is 295 g/mol. The summed E-state index contributed by atoms with van der Waals surface area (Å²) in [4.78, 5) is 0. The van der Waals surface area contributed by atoms with Gasteiger partial charge in [-0.1, -0.05) is 0 Å². The van der Waals surface area contributed by atoms with E-state index in [4.69, 9.17) is 3.10 Å². The fourth-order valence-corrected chi connectivity index (χ4v) is 0. The molecule has 0 aromatic carbocycles. The topological polar surface area (TPSA) is 17.1 Å². The minimum absolute atomic E-state index is 0. The first kappa shape index (κ1) is 17.1. The van der Waals surface area contributed by atoms with Crippen LogP contribution in [0.3, 0.4) is 0 Å². The molecule has 0 spiro atoms. The maximum absolute atomic E-state index is 8.26. The van der Waals surface area contributed by atoms with Crippen molar-refractivity contribution in [1.82, 2.24) is 0 Å². The van der Waals surface area contributed by atoms with Crippen molar-refractivity contribution < 1.29 is 41.2 Å². The van der Waals surface area contributed by atoms with Gasteiger partial charge in [-0.3, -0.25) is 0 Å². The molecule has 0 unspecified atom stereocenters. The van der Waals surface area contributed by atoms with Crippen LogP contribution in [-0.2, 0) is 41.2 Å². The van der Waals surface area contributed by atoms with Crippen LogP contribution in [-0.4, -0.2) is 22.3 Å². The van der Waals surface area contributed by atoms with Crippen molar-refractivity contribution >= 4 is 22.3 Å². The van der Waals surface area contributed by atoms with E-state index >= 15 is 0 Å². The van der Waals surface area contributed by atoms with E-state index in [0.29, 0.717) is 22.3 Å². The number of rotatable bonds is 0. The van der Waals surface area contributed by atoms with Crippen LogP contribution < -0.4 is 0 Å². The molecule has 4 heteroatoms. The van der Waals surface area contributed by atoms with Crippen molar-refractivity contribution in [2.24, 2.45) is 0 Å². The van der Waals surface area contributed by atoms with Gasteiger partial charge in [0, 0.05) is 38.1 Å². The Bertz CT molecular complexity index is 8.00.